The molecule has 0 spiro atoms. The Morgan fingerprint density at radius 1 is 1.05 bits per heavy atom. The van der Waals surface area contributed by atoms with Crippen LogP contribution in [-0.4, -0.2) is 16.8 Å². The molecule has 0 fully saturated rings. The van der Waals surface area contributed by atoms with Gasteiger partial charge in [0.2, 0.25) is 0 Å². The van der Waals surface area contributed by atoms with Crippen molar-refractivity contribution in [1.29, 1.82) is 0 Å². The molecular formula is C16H13Br2NS. The fourth-order valence-electron chi connectivity index (χ4n) is 2.15. The molecule has 0 radical (unpaired) electrons. The van der Waals surface area contributed by atoms with E-state index in [1.54, 1.807) is 0 Å². The maximum absolute atomic E-state index is 4.88. The fourth-order valence-corrected chi connectivity index (χ4v) is 4.38. The Balaban J connectivity index is 1.79. The second kappa shape index (κ2) is 6.46. The van der Waals surface area contributed by atoms with E-state index >= 15 is 0 Å². The van der Waals surface area contributed by atoms with E-state index in [9.17, 15) is 0 Å². The summed E-state index contributed by atoms with van der Waals surface area (Å²) in [6, 6.07) is 19.1. The maximum atomic E-state index is 4.88. The molecule has 2 aromatic rings. The van der Waals surface area contributed by atoms with Gasteiger partial charge in [-0.2, -0.15) is 0 Å². The molecule has 1 heterocycles. The first-order valence-corrected chi connectivity index (χ1v) is 9.09. The standard InChI is InChI=1S/C16H13Br2NS/c17-13-8-6-12(7-9-13)16-19-14(10-20-16)15(18)11-4-2-1-3-5-11/h1-9,14-15H,10H2/t14?,15-/m1/s1. The van der Waals surface area contributed by atoms with Crippen molar-refractivity contribution >= 4 is 48.7 Å². The Labute approximate surface area is 140 Å². The largest absolute Gasteiger partial charge is 0.272 e. The molecule has 1 aliphatic rings. The molecule has 0 aromatic heterocycles. The van der Waals surface area contributed by atoms with Crippen molar-refractivity contribution in [2.75, 3.05) is 5.75 Å². The first-order valence-electron chi connectivity index (χ1n) is 6.39. The van der Waals surface area contributed by atoms with Crippen LogP contribution in [0.1, 0.15) is 16.0 Å². The third kappa shape index (κ3) is 3.18. The number of halogens is 2. The first kappa shape index (κ1) is 14.4. The lowest BCUT2D eigenvalue weighted by atomic mass is 10.1. The van der Waals surface area contributed by atoms with Gasteiger partial charge in [-0.05, 0) is 17.7 Å². The van der Waals surface area contributed by atoms with E-state index in [4.69, 9.17) is 4.99 Å². The molecule has 1 aliphatic heterocycles. The van der Waals surface area contributed by atoms with Gasteiger partial charge in [-0.3, -0.25) is 4.99 Å². The third-order valence-corrected chi connectivity index (χ3v) is 6.01. The van der Waals surface area contributed by atoms with Gasteiger partial charge in [-0.15, -0.1) is 11.8 Å². The molecule has 0 amide bonds. The number of hydrogen-bond acceptors (Lipinski definition) is 2. The Morgan fingerprint density at radius 2 is 1.75 bits per heavy atom. The van der Waals surface area contributed by atoms with Crippen molar-refractivity contribution in [3.63, 3.8) is 0 Å². The van der Waals surface area contributed by atoms with Crippen LogP contribution in [0.5, 0.6) is 0 Å². The minimum Gasteiger partial charge on any atom is -0.272 e. The van der Waals surface area contributed by atoms with Crippen LogP contribution in [0.4, 0.5) is 0 Å². The zero-order chi connectivity index (χ0) is 13.9. The summed E-state index contributed by atoms with van der Waals surface area (Å²) in [7, 11) is 0. The molecule has 102 valence electrons. The topological polar surface area (TPSA) is 12.4 Å². The van der Waals surface area contributed by atoms with E-state index in [-0.39, 0.29) is 4.83 Å². The van der Waals surface area contributed by atoms with Gasteiger partial charge in [0.15, 0.2) is 0 Å². The molecule has 1 nitrogen and oxygen atoms in total. The number of rotatable bonds is 3. The molecule has 1 unspecified atom stereocenters. The van der Waals surface area contributed by atoms with Crippen molar-refractivity contribution < 1.29 is 0 Å². The Hall–Kier alpha value is -0.580. The van der Waals surface area contributed by atoms with Gasteiger partial charge in [0, 0.05) is 15.8 Å². The Bertz CT molecular complexity index is 610. The van der Waals surface area contributed by atoms with Gasteiger partial charge in [0.05, 0.1) is 15.9 Å². The summed E-state index contributed by atoms with van der Waals surface area (Å²) in [6.07, 6.45) is 0. The minimum absolute atomic E-state index is 0.282. The molecule has 0 aliphatic carbocycles. The van der Waals surface area contributed by atoms with Crippen LogP contribution in [0.25, 0.3) is 0 Å². The number of nitrogens with zero attached hydrogens (tertiary/aromatic N) is 1. The normalized spacial score (nSPS) is 19.7. The van der Waals surface area contributed by atoms with E-state index in [2.05, 4.69) is 80.4 Å². The first-order chi connectivity index (χ1) is 9.74. The molecule has 0 N–H and O–H groups in total. The van der Waals surface area contributed by atoms with Crippen molar-refractivity contribution in [3.05, 3.63) is 70.2 Å². The van der Waals surface area contributed by atoms with E-state index in [0.29, 0.717) is 6.04 Å². The molecule has 4 heteroatoms. The van der Waals surface area contributed by atoms with Crippen LogP contribution >= 0.6 is 43.6 Å². The smallest absolute Gasteiger partial charge is 0.0982 e. The molecule has 0 saturated carbocycles. The summed E-state index contributed by atoms with van der Waals surface area (Å²) < 4.78 is 1.10. The van der Waals surface area contributed by atoms with Crippen LogP contribution in [0.2, 0.25) is 0 Å². The highest BCUT2D eigenvalue weighted by Crippen LogP contribution is 2.36. The average Bonchev–Trinajstić information content (AvgIpc) is 2.98. The lowest BCUT2D eigenvalue weighted by Crippen LogP contribution is -2.11. The average molecular weight is 411 g/mol. The number of benzene rings is 2. The van der Waals surface area contributed by atoms with Crippen LogP contribution in [0.3, 0.4) is 0 Å². The summed E-state index contributed by atoms with van der Waals surface area (Å²) in [6.45, 7) is 0. The van der Waals surface area contributed by atoms with Gasteiger partial charge in [0.25, 0.3) is 0 Å². The SMILES string of the molecule is Brc1ccc(C2=NC([C@H](Br)c3ccccc3)CS2)cc1. The van der Waals surface area contributed by atoms with Crippen molar-refractivity contribution in [2.24, 2.45) is 4.99 Å². The van der Waals surface area contributed by atoms with E-state index in [1.807, 2.05) is 17.8 Å². The van der Waals surface area contributed by atoms with E-state index in [0.717, 1.165) is 15.3 Å². The van der Waals surface area contributed by atoms with Gasteiger partial charge in [0.1, 0.15) is 0 Å². The van der Waals surface area contributed by atoms with Crippen LogP contribution in [-0.2, 0) is 0 Å². The van der Waals surface area contributed by atoms with Gasteiger partial charge >= 0.3 is 0 Å². The maximum Gasteiger partial charge on any atom is 0.0982 e. The highest BCUT2D eigenvalue weighted by Gasteiger charge is 2.26. The summed E-state index contributed by atoms with van der Waals surface area (Å²) in [5.74, 6) is 1.02. The Kier molecular flexibility index (Phi) is 4.64. The van der Waals surface area contributed by atoms with E-state index in [1.165, 1.54) is 11.1 Å². The predicted molar refractivity (Wildman–Crippen MR) is 95.0 cm³/mol. The minimum atomic E-state index is 0.282. The van der Waals surface area contributed by atoms with E-state index < -0.39 is 0 Å². The monoisotopic (exact) mass is 409 g/mol. The quantitative estimate of drug-likeness (QED) is 0.613. The highest BCUT2D eigenvalue weighted by atomic mass is 79.9. The van der Waals surface area contributed by atoms with Gasteiger partial charge in [-0.25, -0.2) is 0 Å². The Morgan fingerprint density at radius 3 is 2.45 bits per heavy atom. The summed E-state index contributed by atoms with van der Waals surface area (Å²) >= 11 is 9.10. The molecule has 0 saturated heterocycles. The summed E-state index contributed by atoms with van der Waals surface area (Å²) in [5, 5.41) is 1.14. The molecule has 2 atom stereocenters. The second-order valence-electron chi connectivity index (χ2n) is 4.63. The van der Waals surface area contributed by atoms with Crippen LogP contribution < -0.4 is 0 Å². The number of aliphatic imine (C=N–C) groups is 1. The van der Waals surface area contributed by atoms with Crippen molar-refractivity contribution in [3.8, 4) is 0 Å². The van der Waals surface area contributed by atoms with Gasteiger partial charge < -0.3 is 0 Å². The number of thioether (sulfide) groups is 1. The highest BCUT2D eigenvalue weighted by molar-refractivity contribution is 9.10. The third-order valence-electron chi connectivity index (χ3n) is 3.22. The molecule has 3 rings (SSSR count). The molecule has 2 aromatic carbocycles. The molecule has 20 heavy (non-hydrogen) atoms. The molecule has 0 bridgehead atoms. The lowest BCUT2D eigenvalue weighted by Gasteiger charge is -2.14. The fraction of sp³-hybridized carbons (Fsp3) is 0.188. The zero-order valence-corrected chi connectivity index (χ0v) is 14.7. The van der Waals surface area contributed by atoms with Crippen LogP contribution in [0, 0.1) is 0 Å². The second-order valence-corrected chi connectivity index (χ2v) is 7.54. The number of alkyl halides is 1. The molecular weight excluding hydrogens is 398 g/mol. The summed E-state index contributed by atoms with van der Waals surface area (Å²) in [5.41, 5.74) is 2.49. The summed E-state index contributed by atoms with van der Waals surface area (Å²) in [4.78, 5) is 5.16. The zero-order valence-electron chi connectivity index (χ0n) is 10.7. The number of hydrogen-bond donors (Lipinski definition) is 0. The lowest BCUT2D eigenvalue weighted by molar-refractivity contribution is 0.756. The van der Waals surface area contributed by atoms with Crippen LogP contribution in [0.15, 0.2) is 64.1 Å². The van der Waals surface area contributed by atoms with Crippen molar-refractivity contribution in [2.45, 2.75) is 10.9 Å². The van der Waals surface area contributed by atoms with Crippen molar-refractivity contribution in [1.82, 2.24) is 0 Å². The predicted octanol–water partition coefficient (Wildman–Crippen LogP) is 5.45. The van der Waals surface area contributed by atoms with Gasteiger partial charge in [-0.1, -0.05) is 74.3 Å².